The SMILES string of the molecule is COc1cccc(CNc2nc(CN3CCN(C(C)C)CC3)nc3ccc(Cl)cc23)c1OC. The predicted molar refractivity (Wildman–Crippen MR) is 133 cm³/mol. The van der Waals surface area contributed by atoms with Gasteiger partial charge < -0.3 is 14.8 Å². The summed E-state index contributed by atoms with van der Waals surface area (Å²) < 4.78 is 11.0. The fourth-order valence-corrected chi connectivity index (χ4v) is 4.44. The second-order valence-corrected chi connectivity index (χ2v) is 9.00. The van der Waals surface area contributed by atoms with E-state index in [0.717, 1.165) is 60.8 Å². The molecule has 0 saturated carbocycles. The molecule has 1 aliphatic rings. The summed E-state index contributed by atoms with van der Waals surface area (Å²) >= 11 is 6.30. The lowest BCUT2D eigenvalue weighted by atomic mass is 10.1. The van der Waals surface area contributed by atoms with Gasteiger partial charge in [0.1, 0.15) is 11.6 Å². The number of para-hydroxylation sites is 1. The van der Waals surface area contributed by atoms with E-state index in [9.17, 15) is 0 Å². The lowest BCUT2D eigenvalue weighted by molar-refractivity contribution is 0.102. The van der Waals surface area contributed by atoms with Crippen molar-refractivity contribution < 1.29 is 9.47 Å². The van der Waals surface area contributed by atoms with Crippen molar-refractivity contribution in [1.29, 1.82) is 0 Å². The van der Waals surface area contributed by atoms with Crippen LogP contribution in [0.3, 0.4) is 0 Å². The lowest BCUT2D eigenvalue weighted by Gasteiger charge is -2.36. The number of methoxy groups -OCH3 is 2. The number of anilines is 1. The number of piperazine rings is 1. The Hall–Kier alpha value is -2.61. The van der Waals surface area contributed by atoms with E-state index in [-0.39, 0.29) is 0 Å². The Balaban J connectivity index is 1.58. The molecule has 1 fully saturated rings. The van der Waals surface area contributed by atoms with Crippen molar-refractivity contribution >= 4 is 28.3 Å². The molecule has 33 heavy (non-hydrogen) atoms. The highest BCUT2D eigenvalue weighted by atomic mass is 35.5. The molecule has 0 radical (unpaired) electrons. The Morgan fingerprint density at radius 1 is 1.03 bits per heavy atom. The van der Waals surface area contributed by atoms with Crippen LogP contribution < -0.4 is 14.8 Å². The quantitative estimate of drug-likeness (QED) is 0.523. The smallest absolute Gasteiger partial charge is 0.165 e. The molecule has 2 heterocycles. The van der Waals surface area contributed by atoms with E-state index >= 15 is 0 Å². The first kappa shape index (κ1) is 23.5. The minimum absolute atomic E-state index is 0.533. The normalized spacial score (nSPS) is 15.2. The molecule has 0 amide bonds. The number of hydrogen-bond donors (Lipinski definition) is 1. The molecule has 0 spiro atoms. The van der Waals surface area contributed by atoms with Gasteiger partial charge in [-0.3, -0.25) is 9.80 Å². The first-order chi connectivity index (χ1) is 16.0. The van der Waals surface area contributed by atoms with Crippen LogP contribution in [0.4, 0.5) is 5.82 Å². The molecular weight excluding hydrogens is 438 g/mol. The number of hydrogen-bond acceptors (Lipinski definition) is 7. The summed E-state index contributed by atoms with van der Waals surface area (Å²) in [5.41, 5.74) is 1.86. The van der Waals surface area contributed by atoms with E-state index in [1.165, 1.54) is 0 Å². The van der Waals surface area contributed by atoms with Crippen molar-refractivity contribution in [2.75, 3.05) is 45.7 Å². The highest BCUT2D eigenvalue weighted by molar-refractivity contribution is 6.31. The number of benzene rings is 2. The van der Waals surface area contributed by atoms with Crippen LogP contribution in [0.5, 0.6) is 11.5 Å². The van der Waals surface area contributed by atoms with Crippen LogP contribution in [0, 0.1) is 0 Å². The molecule has 2 aromatic carbocycles. The molecule has 7 nitrogen and oxygen atoms in total. The fraction of sp³-hybridized carbons (Fsp3) is 0.440. The third-order valence-electron chi connectivity index (χ3n) is 6.14. The van der Waals surface area contributed by atoms with Gasteiger partial charge in [0.15, 0.2) is 11.5 Å². The van der Waals surface area contributed by atoms with Gasteiger partial charge in [0.2, 0.25) is 0 Å². The second kappa shape index (κ2) is 10.5. The summed E-state index contributed by atoms with van der Waals surface area (Å²) in [6.07, 6.45) is 0. The molecule has 1 N–H and O–H groups in total. The molecule has 4 rings (SSSR count). The maximum atomic E-state index is 6.30. The number of fused-ring (bicyclic) bond motifs is 1. The van der Waals surface area contributed by atoms with E-state index < -0.39 is 0 Å². The highest BCUT2D eigenvalue weighted by Crippen LogP contribution is 2.32. The molecule has 0 aliphatic carbocycles. The zero-order chi connectivity index (χ0) is 23.4. The van der Waals surface area contributed by atoms with E-state index in [1.54, 1.807) is 14.2 Å². The van der Waals surface area contributed by atoms with Crippen LogP contribution in [0.1, 0.15) is 25.2 Å². The van der Waals surface area contributed by atoms with Gasteiger partial charge in [-0.25, -0.2) is 9.97 Å². The molecule has 1 aromatic heterocycles. The van der Waals surface area contributed by atoms with Crippen LogP contribution in [0.15, 0.2) is 36.4 Å². The first-order valence-corrected chi connectivity index (χ1v) is 11.7. The van der Waals surface area contributed by atoms with Crippen molar-refractivity contribution in [1.82, 2.24) is 19.8 Å². The lowest BCUT2D eigenvalue weighted by Crippen LogP contribution is -2.48. The molecule has 1 aliphatic heterocycles. The van der Waals surface area contributed by atoms with Crippen LogP contribution in [-0.2, 0) is 13.1 Å². The third-order valence-corrected chi connectivity index (χ3v) is 6.37. The van der Waals surface area contributed by atoms with Crippen molar-refractivity contribution in [3.8, 4) is 11.5 Å². The van der Waals surface area contributed by atoms with Gasteiger partial charge in [0.25, 0.3) is 0 Å². The highest BCUT2D eigenvalue weighted by Gasteiger charge is 2.20. The summed E-state index contributed by atoms with van der Waals surface area (Å²) in [7, 11) is 3.29. The Morgan fingerprint density at radius 2 is 1.82 bits per heavy atom. The van der Waals surface area contributed by atoms with Crippen molar-refractivity contribution in [3.63, 3.8) is 0 Å². The Labute approximate surface area is 200 Å². The minimum Gasteiger partial charge on any atom is -0.493 e. The number of nitrogens with one attached hydrogen (secondary N) is 1. The molecule has 0 bridgehead atoms. The van der Waals surface area contributed by atoms with E-state index in [0.29, 0.717) is 29.1 Å². The van der Waals surface area contributed by atoms with Gasteiger partial charge in [-0.15, -0.1) is 0 Å². The Kier molecular flexibility index (Phi) is 7.53. The Bertz CT molecular complexity index is 1100. The topological polar surface area (TPSA) is 62.8 Å². The van der Waals surface area contributed by atoms with E-state index in [4.69, 9.17) is 31.0 Å². The third kappa shape index (κ3) is 5.49. The Morgan fingerprint density at radius 3 is 2.52 bits per heavy atom. The summed E-state index contributed by atoms with van der Waals surface area (Å²) in [6, 6.07) is 12.2. The average Bonchev–Trinajstić information content (AvgIpc) is 2.82. The van der Waals surface area contributed by atoms with Gasteiger partial charge in [-0.05, 0) is 38.1 Å². The van der Waals surface area contributed by atoms with Crippen LogP contribution in [0.25, 0.3) is 10.9 Å². The second-order valence-electron chi connectivity index (χ2n) is 8.56. The zero-order valence-electron chi connectivity index (χ0n) is 19.8. The maximum absolute atomic E-state index is 6.30. The number of aromatic nitrogens is 2. The fourth-order valence-electron chi connectivity index (χ4n) is 4.26. The predicted octanol–water partition coefficient (Wildman–Crippen LogP) is 4.44. The molecular formula is C25H32ClN5O2. The van der Waals surface area contributed by atoms with Gasteiger partial charge in [0.05, 0.1) is 26.3 Å². The molecule has 8 heteroatoms. The van der Waals surface area contributed by atoms with Crippen molar-refractivity contribution in [3.05, 3.63) is 52.8 Å². The molecule has 3 aromatic rings. The maximum Gasteiger partial charge on any atom is 0.165 e. The van der Waals surface area contributed by atoms with Crippen LogP contribution in [-0.4, -0.2) is 66.2 Å². The summed E-state index contributed by atoms with van der Waals surface area (Å²) in [5.74, 6) is 2.99. The summed E-state index contributed by atoms with van der Waals surface area (Å²) in [5, 5.41) is 5.04. The monoisotopic (exact) mass is 469 g/mol. The molecule has 0 unspecified atom stereocenters. The van der Waals surface area contributed by atoms with E-state index in [2.05, 4.69) is 29.0 Å². The number of halogens is 1. The number of ether oxygens (including phenoxy) is 2. The first-order valence-electron chi connectivity index (χ1n) is 11.3. The minimum atomic E-state index is 0.533. The molecule has 0 atom stereocenters. The van der Waals surface area contributed by atoms with Crippen LogP contribution in [0.2, 0.25) is 5.02 Å². The van der Waals surface area contributed by atoms with Gasteiger partial charge in [0, 0.05) is 54.7 Å². The number of rotatable bonds is 8. The van der Waals surface area contributed by atoms with Crippen molar-refractivity contribution in [2.45, 2.75) is 33.0 Å². The standard InChI is InChI=1S/C25H32ClN5O2/c1-17(2)31-12-10-30(11-13-31)16-23-28-21-9-8-19(26)14-20(21)25(29-23)27-15-18-6-5-7-22(32-3)24(18)33-4/h5-9,14,17H,10-13,15-16H2,1-4H3,(H,27,28,29). The summed E-state index contributed by atoms with van der Waals surface area (Å²) in [6.45, 7) is 9.94. The number of nitrogens with zero attached hydrogens (tertiary/aromatic N) is 4. The zero-order valence-corrected chi connectivity index (χ0v) is 20.5. The summed E-state index contributed by atoms with van der Waals surface area (Å²) in [4.78, 5) is 14.7. The van der Waals surface area contributed by atoms with Gasteiger partial charge in [-0.1, -0.05) is 23.7 Å². The van der Waals surface area contributed by atoms with Crippen LogP contribution >= 0.6 is 11.6 Å². The van der Waals surface area contributed by atoms with E-state index in [1.807, 2.05) is 36.4 Å². The average molecular weight is 470 g/mol. The largest absolute Gasteiger partial charge is 0.493 e. The van der Waals surface area contributed by atoms with Gasteiger partial charge >= 0.3 is 0 Å². The van der Waals surface area contributed by atoms with Gasteiger partial charge in [-0.2, -0.15) is 0 Å². The van der Waals surface area contributed by atoms with Crippen molar-refractivity contribution in [2.24, 2.45) is 0 Å². The molecule has 1 saturated heterocycles. The molecule has 176 valence electrons.